The van der Waals surface area contributed by atoms with Crippen molar-refractivity contribution in [1.82, 2.24) is 9.55 Å². The number of hydrogen-bond acceptors (Lipinski definition) is 11. The maximum atomic E-state index is 12.5. The molecule has 3 rings (SSSR count). The van der Waals surface area contributed by atoms with Gasteiger partial charge in [0.2, 0.25) is 5.72 Å². The molecule has 2 aliphatic rings. The molecule has 8 atom stereocenters. The van der Waals surface area contributed by atoms with Crippen molar-refractivity contribution in [2.24, 2.45) is 0 Å². The Morgan fingerprint density at radius 3 is 2.41 bits per heavy atom. The summed E-state index contributed by atoms with van der Waals surface area (Å²) in [5.41, 5.74) is 2.64. The molecule has 2 saturated heterocycles. The van der Waals surface area contributed by atoms with Gasteiger partial charge in [0.25, 0.3) is 0 Å². The van der Waals surface area contributed by atoms with Crippen molar-refractivity contribution in [1.29, 1.82) is 0 Å². The number of nitrogens with zero attached hydrogens (tertiary/aromatic N) is 2. The molecule has 12 heteroatoms. The van der Waals surface area contributed by atoms with Gasteiger partial charge >= 0.3 is 5.69 Å². The van der Waals surface area contributed by atoms with Crippen molar-refractivity contribution in [3.05, 3.63) is 22.7 Å². The second-order valence-corrected chi connectivity index (χ2v) is 6.50. The summed E-state index contributed by atoms with van der Waals surface area (Å²) >= 11 is 0. The van der Waals surface area contributed by atoms with Crippen LogP contribution in [-0.2, 0) is 19.9 Å². The third kappa shape index (κ3) is 2.94. The average Bonchev–Trinajstić information content (AvgIpc) is 3.09. The molecule has 12 nitrogen and oxygen atoms in total. The highest BCUT2D eigenvalue weighted by atomic mass is 16.6. The van der Waals surface area contributed by atoms with Crippen molar-refractivity contribution in [2.75, 3.05) is 26.1 Å². The van der Waals surface area contributed by atoms with Crippen LogP contribution in [0.5, 0.6) is 0 Å². The first-order valence-corrected chi connectivity index (χ1v) is 8.29. The number of hydrogen-bond donors (Lipinski definition) is 6. The Bertz CT molecular complexity index is 731. The van der Waals surface area contributed by atoms with Gasteiger partial charge in [-0.3, -0.25) is 4.57 Å². The van der Waals surface area contributed by atoms with Crippen LogP contribution in [0.3, 0.4) is 0 Å². The molecule has 0 spiro atoms. The van der Waals surface area contributed by atoms with Gasteiger partial charge in [0.1, 0.15) is 48.5 Å². The van der Waals surface area contributed by atoms with Gasteiger partial charge in [-0.25, -0.2) is 4.79 Å². The first-order chi connectivity index (χ1) is 12.8. The Labute approximate surface area is 153 Å². The number of nitrogens with two attached hydrogens (primary N) is 1. The highest BCUT2D eigenvalue weighted by Crippen LogP contribution is 2.44. The molecule has 0 radical (unpaired) electrons. The molecule has 0 amide bonds. The Kier molecular flexibility index (Phi) is 5.52. The monoisotopic (exact) mass is 389 g/mol. The Morgan fingerprint density at radius 1 is 1.22 bits per heavy atom. The van der Waals surface area contributed by atoms with E-state index in [4.69, 9.17) is 19.9 Å². The van der Waals surface area contributed by atoms with E-state index in [1.165, 1.54) is 19.4 Å². The number of methoxy groups -OCH3 is 1. The van der Waals surface area contributed by atoms with Crippen molar-refractivity contribution >= 4 is 5.82 Å². The van der Waals surface area contributed by atoms with Gasteiger partial charge < -0.3 is 45.5 Å². The van der Waals surface area contributed by atoms with Gasteiger partial charge in [0, 0.05) is 13.3 Å². The minimum atomic E-state index is -2.00. The molecule has 152 valence electrons. The Hall–Kier alpha value is -1.64. The molecule has 0 aromatic carbocycles. The normalized spacial score (nSPS) is 41.9. The van der Waals surface area contributed by atoms with Gasteiger partial charge in [-0.05, 0) is 6.07 Å². The number of aliphatic hydroxyl groups excluding tert-OH is 5. The van der Waals surface area contributed by atoms with Crippen molar-refractivity contribution in [2.45, 2.75) is 48.5 Å². The highest BCUT2D eigenvalue weighted by Gasteiger charge is 2.66. The minimum absolute atomic E-state index is 0.0706. The van der Waals surface area contributed by atoms with Crippen LogP contribution in [-0.4, -0.2) is 98.1 Å². The summed E-state index contributed by atoms with van der Waals surface area (Å²) in [6, 6.07) is 1.29. The zero-order chi connectivity index (χ0) is 19.9. The third-order valence-corrected chi connectivity index (χ3v) is 5.02. The summed E-state index contributed by atoms with van der Waals surface area (Å²) in [6.07, 6.45) is -8.34. The second-order valence-electron chi connectivity index (χ2n) is 6.50. The third-order valence-electron chi connectivity index (χ3n) is 5.02. The summed E-state index contributed by atoms with van der Waals surface area (Å²) in [5.74, 6) is -0.0706. The zero-order valence-corrected chi connectivity index (χ0v) is 14.5. The van der Waals surface area contributed by atoms with Crippen molar-refractivity contribution in [3.8, 4) is 0 Å². The topological polar surface area (TPSA) is 190 Å². The molecular weight excluding hydrogens is 366 g/mol. The van der Waals surface area contributed by atoms with E-state index in [2.05, 4.69) is 4.98 Å². The fourth-order valence-electron chi connectivity index (χ4n) is 3.76. The largest absolute Gasteiger partial charge is 0.394 e. The quantitative estimate of drug-likeness (QED) is 0.286. The summed E-state index contributed by atoms with van der Waals surface area (Å²) in [7, 11) is 1.24. The van der Waals surface area contributed by atoms with E-state index < -0.39 is 67.4 Å². The number of nitrogen functional groups attached to an aromatic ring is 1. The molecular formula is C15H23N3O9. The van der Waals surface area contributed by atoms with E-state index >= 15 is 0 Å². The molecule has 1 aromatic rings. The predicted octanol–water partition coefficient (Wildman–Crippen LogP) is -4.27. The lowest BCUT2D eigenvalue weighted by atomic mass is 9.92. The van der Waals surface area contributed by atoms with Crippen LogP contribution in [0.15, 0.2) is 17.1 Å². The van der Waals surface area contributed by atoms with E-state index in [-0.39, 0.29) is 5.82 Å². The maximum absolute atomic E-state index is 12.5. The molecule has 0 bridgehead atoms. The number of rotatable bonds is 5. The molecule has 2 aliphatic heterocycles. The summed E-state index contributed by atoms with van der Waals surface area (Å²) < 4.78 is 17.6. The van der Waals surface area contributed by atoms with Crippen molar-refractivity contribution in [3.63, 3.8) is 0 Å². The molecule has 27 heavy (non-hydrogen) atoms. The van der Waals surface area contributed by atoms with Gasteiger partial charge in [0.15, 0.2) is 0 Å². The molecule has 1 unspecified atom stereocenters. The fraction of sp³-hybridized carbons (Fsp3) is 0.733. The number of aromatic nitrogens is 2. The van der Waals surface area contributed by atoms with E-state index in [1.54, 1.807) is 0 Å². The van der Waals surface area contributed by atoms with Crippen LogP contribution in [0.25, 0.3) is 0 Å². The van der Waals surface area contributed by atoms with Crippen LogP contribution in [0.1, 0.15) is 0 Å². The van der Waals surface area contributed by atoms with E-state index in [9.17, 15) is 30.3 Å². The lowest BCUT2D eigenvalue weighted by Gasteiger charge is -2.40. The molecule has 3 heterocycles. The molecule has 7 N–H and O–H groups in total. The van der Waals surface area contributed by atoms with Gasteiger partial charge in [-0.1, -0.05) is 0 Å². The maximum Gasteiger partial charge on any atom is 0.352 e. The summed E-state index contributed by atoms with van der Waals surface area (Å²) in [6.45, 7) is -1.22. The zero-order valence-electron chi connectivity index (χ0n) is 14.5. The Morgan fingerprint density at radius 2 is 1.89 bits per heavy atom. The summed E-state index contributed by atoms with van der Waals surface area (Å²) in [5, 5.41) is 50.1. The molecule has 1 aromatic heterocycles. The smallest absolute Gasteiger partial charge is 0.352 e. The van der Waals surface area contributed by atoms with Crippen LogP contribution >= 0.6 is 0 Å². The van der Waals surface area contributed by atoms with Gasteiger partial charge in [-0.15, -0.1) is 0 Å². The lowest BCUT2D eigenvalue weighted by molar-refractivity contribution is -0.238. The standard InChI is InChI=1S/C15H23N3O9/c1-25-12-10(22)7(5-20)27-15(12,18-3-2-8(16)17-14(18)24)13-11(23)9(21)6(4-19)26-13/h2-3,6-7,9-13,19-23H,4-5H2,1H3,(H2,16,17,24)/t6-,7-,9+,10-,11-,12-,13?,15+/m1/s1. The van der Waals surface area contributed by atoms with Crippen molar-refractivity contribution < 1.29 is 39.7 Å². The van der Waals surface area contributed by atoms with Gasteiger partial charge in [-0.2, -0.15) is 4.98 Å². The van der Waals surface area contributed by atoms with Crippen LogP contribution in [0.4, 0.5) is 5.82 Å². The Balaban J connectivity index is 2.20. The number of anilines is 1. The highest BCUT2D eigenvalue weighted by molar-refractivity contribution is 5.24. The van der Waals surface area contributed by atoms with Gasteiger partial charge in [0.05, 0.1) is 13.2 Å². The van der Waals surface area contributed by atoms with Crippen LogP contribution in [0, 0.1) is 0 Å². The number of aliphatic hydroxyl groups is 5. The molecule has 2 fully saturated rings. The van der Waals surface area contributed by atoms with E-state index in [1.807, 2.05) is 0 Å². The number of ether oxygens (including phenoxy) is 3. The first-order valence-electron chi connectivity index (χ1n) is 8.29. The first kappa shape index (κ1) is 20.1. The average molecular weight is 389 g/mol. The molecule has 0 saturated carbocycles. The van der Waals surface area contributed by atoms with E-state index in [0.717, 1.165) is 4.57 Å². The van der Waals surface area contributed by atoms with Crippen LogP contribution in [0.2, 0.25) is 0 Å². The fourth-order valence-corrected chi connectivity index (χ4v) is 3.76. The second kappa shape index (κ2) is 7.41. The SMILES string of the molecule is CO[C@@H]1[C@H](O)[C@@H](CO)O[C@@]1(C1O[C@H](CO)[C@H](O)[C@H]1O)n1ccc(N)nc1=O. The lowest BCUT2D eigenvalue weighted by Crippen LogP contribution is -2.61. The van der Waals surface area contributed by atoms with Crippen LogP contribution < -0.4 is 11.4 Å². The van der Waals surface area contributed by atoms with E-state index in [0.29, 0.717) is 0 Å². The predicted molar refractivity (Wildman–Crippen MR) is 87.4 cm³/mol. The molecule has 0 aliphatic carbocycles. The minimum Gasteiger partial charge on any atom is -0.394 e. The summed E-state index contributed by atoms with van der Waals surface area (Å²) in [4.78, 5) is 16.2.